The summed E-state index contributed by atoms with van der Waals surface area (Å²) in [5.74, 6) is 0.914. The molecule has 1 N–H and O–H groups in total. The van der Waals surface area contributed by atoms with Crippen molar-refractivity contribution in [1.29, 1.82) is 0 Å². The number of nitrogens with zero attached hydrogens (tertiary/aromatic N) is 4. The van der Waals surface area contributed by atoms with Gasteiger partial charge in [-0.3, -0.25) is 9.69 Å². The van der Waals surface area contributed by atoms with Gasteiger partial charge >= 0.3 is 0 Å². The molecule has 1 aliphatic heterocycles. The summed E-state index contributed by atoms with van der Waals surface area (Å²) in [5, 5.41) is 12.7. The zero-order valence-electron chi connectivity index (χ0n) is 16.9. The maximum absolute atomic E-state index is 13.4. The summed E-state index contributed by atoms with van der Waals surface area (Å²) >= 11 is 1.85. The summed E-state index contributed by atoms with van der Waals surface area (Å²) < 4.78 is 16.8. The first-order valence-corrected chi connectivity index (χ1v) is 11.1. The van der Waals surface area contributed by atoms with Crippen LogP contribution in [0.5, 0.6) is 0 Å². The fourth-order valence-corrected chi connectivity index (χ4v) is 5.05. The van der Waals surface area contributed by atoms with Crippen molar-refractivity contribution in [1.82, 2.24) is 25.0 Å². The Balaban J connectivity index is 1.22. The molecule has 3 heterocycles. The van der Waals surface area contributed by atoms with Crippen molar-refractivity contribution >= 4 is 27.3 Å². The molecule has 0 fully saturated rings. The van der Waals surface area contributed by atoms with E-state index in [9.17, 15) is 9.18 Å². The van der Waals surface area contributed by atoms with Crippen LogP contribution in [0.3, 0.4) is 0 Å². The van der Waals surface area contributed by atoms with Gasteiger partial charge < -0.3 is 9.88 Å². The number of nitrogens with one attached hydrogen (secondary N) is 1. The Labute approximate surface area is 183 Å². The molecule has 6 nitrogen and oxygen atoms in total. The lowest BCUT2D eigenvalue weighted by Crippen LogP contribution is -2.27. The van der Waals surface area contributed by atoms with E-state index in [1.807, 2.05) is 11.3 Å². The number of amides is 1. The van der Waals surface area contributed by atoms with Gasteiger partial charge in [0, 0.05) is 47.7 Å². The molecule has 0 saturated heterocycles. The van der Waals surface area contributed by atoms with Gasteiger partial charge in [0.25, 0.3) is 5.91 Å². The van der Waals surface area contributed by atoms with Crippen LogP contribution >= 0.6 is 11.3 Å². The fourth-order valence-electron chi connectivity index (χ4n) is 3.94. The topological polar surface area (TPSA) is 63.1 Å². The molecule has 4 aromatic rings. The Morgan fingerprint density at radius 3 is 2.84 bits per heavy atom. The maximum atomic E-state index is 13.4. The van der Waals surface area contributed by atoms with Crippen LogP contribution in [-0.2, 0) is 26.1 Å². The highest BCUT2D eigenvalue weighted by molar-refractivity contribution is 7.19. The Kier molecular flexibility index (Phi) is 5.48. The molecule has 158 valence electrons. The van der Waals surface area contributed by atoms with E-state index in [4.69, 9.17) is 0 Å². The maximum Gasteiger partial charge on any atom is 0.251 e. The molecular weight excluding hydrogens is 413 g/mol. The van der Waals surface area contributed by atoms with Crippen LogP contribution in [0.4, 0.5) is 4.39 Å². The van der Waals surface area contributed by atoms with Gasteiger partial charge in [-0.15, -0.1) is 21.5 Å². The van der Waals surface area contributed by atoms with Crippen LogP contribution < -0.4 is 5.32 Å². The molecule has 2 aromatic heterocycles. The molecule has 0 saturated carbocycles. The average molecular weight is 436 g/mol. The van der Waals surface area contributed by atoms with Gasteiger partial charge in [0.1, 0.15) is 11.6 Å². The van der Waals surface area contributed by atoms with E-state index in [1.165, 1.54) is 33.2 Å². The molecular formula is C23H22FN5OS. The lowest BCUT2D eigenvalue weighted by molar-refractivity contribution is 0.0949. The first-order chi connectivity index (χ1) is 15.2. The van der Waals surface area contributed by atoms with E-state index in [1.54, 1.807) is 6.07 Å². The second-order valence-electron chi connectivity index (χ2n) is 7.65. The van der Waals surface area contributed by atoms with Crippen molar-refractivity contribution in [3.05, 3.63) is 82.5 Å². The van der Waals surface area contributed by atoms with Crippen molar-refractivity contribution in [2.24, 2.45) is 0 Å². The number of fused-ring (bicyclic) bond motifs is 2. The molecule has 2 aromatic carbocycles. The summed E-state index contributed by atoms with van der Waals surface area (Å²) in [5.41, 5.74) is 0.296. The van der Waals surface area contributed by atoms with Crippen LogP contribution in [0.15, 0.2) is 54.6 Å². The molecule has 31 heavy (non-hydrogen) atoms. The van der Waals surface area contributed by atoms with E-state index >= 15 is 0 Å². The lowest BCUT2D eigenvalue weighted by Gasteiger charge is -2.18. The minimum absolute atomic E-state index is 0.263. The lowest BCUT2D eigenvalue weighted by atomic mass is 10.2. The smallest absolute Gasteiger partial charge is 0.251 e. The summed E-state index contributed by atoms with van der Waals surface area (Å²) in [6, 6.07) is 16.4. The molecule has 8 heteroatoms. The van der Waals surface area contributed by atoms with Crippen molar-refractivity contribution in [2.75, 3.05) is 13.1 Å². The van der Waals surface area contributed by atoms with Crippen LogP contribution in [0.25, 0.3) is 10.1 Å². The van der Waals surface area contributed by atoms with Gasteiger partial charge in [-0.2, -0.15) is 0 Å². The normalized spacial score (nSPS) is 14.4. The van der Waals surface area contributed by atoms with Crippen LogP contribution in [0.1, 0.15) is 26.9 Å². The monoisotopic (exact) mass is 435 g/mol. The van der Waals surface area contributed by atoms with Crippen molar-refractivity contribution < 1.29 is 9.18 Å². The molecule has 0 spiro atoms. The van der Waals surface area contributed by atoms with Crippen LogP contribution in [0.2, 0.25) is 0 Å². The molecule has 1 amide bonds. The summed E-state index contributed by atoms with van der Waals surface area (Å²) in [4.78, 5) is 16.1. The molecule has 0 atom stereocenters. The van der Waals surface area contributed by atoms with E-state index in [2.05, 4.69) is 55.3 Å². The summed E-state index contributed by atoms with van der Waals surface area (Å²) in [7, 11) is 0. The van der Waals surface area contributed by atoms with Crippen molar-refractivity contribution in [3.63, 3.8) is 0 Å². The van der Waals surface area contributed by atoms with Crippen molar-refractivity contribution in [3.8, 4) is 0 Å². The summed E-state index contributed by atoms with van der Waals surface area (Å²) in [6.45, 7) is 3.77. The number of hydrogen-bond acceptors (Lipinski definition) is 5. The van der Waals surface area contributed by atoms with Crippen LogP contribution in [-0.4, -0.2) is 38.7 Å². The third-order valence-corrected chi connectivity index (χ3v) is 6.65. The molecule has 0 radical (unpaired) electrons. The fraction of sp³-hybridized carbons (Fsp3) is 0.261. The minimum atomic E-state index is -0.428. The number of rotatable bonds is 5. The molecule has 0 aliphatic carbocycles. The number of halogens is 1. The second kappa shape index (κ2) is 8.56. The summed E-state index contributed by atoms with van der Waals surface area (Å²) in [6.07, 6.45) is 0.815. The Morgan fingerprint density at radius 2 is 1.97 bits per heavy atom. The van der Waals surface area contributed by atoms with Gasteiger partial charge in [0.05, 0.1) is 6.54 Å². The van der Waals surface area contributed by atoms with Gasteiger partial charge in [-0.25, -0.2) is 4.39 Å². The van der Waals surface area contributed by atoms with Gasteiger partial charge in [-0.1, -0.05) is 24.3 Å². The zero-order valence-corrected chi connectivity index (χ0v) is 17.7. The number of hydrogen-bond donors (Lipinski definition) is 1. The zero-order chi connectivity index (χ0) is 21.2. The largest absolute Gasteiger partial charge is 0.345 e. The first-order valence-electron chi connectivity index (χ1n) is 10.3. The number of carbonyl (C=O) groups excluding carboxylic acids is 1. The molecule has 0 bridgehead atoms. The predicted molar refractivity (Wildman–Crippen MR) is 118 cm³/mol. The van der Waals surface area contributed by atoms with E-state index in [0.717, 1.165) is 44.2 Å². The van der Waals surface area contributed by atoms with Crippen LogP contribution in [0, 0.1) is 5.82 Å². The highest BCUT2D eigenvalue weighted by atomic mass is 32.1. The Bertz CT molecular complexity index is 1200. The average Bonchev–Trinajstić information content (AvgIpc) is 3.31. The highest BCUT2D eigenvalue weighted by Gasteiger charge is 2.20. The predicted octanol–water partition coefficient (Wildman–Crippen LogP) is 3.62. The third kappa shape index (κ3) is 4.35. The molecule has 0 unspecified atom stereocenters. The third-order valence-electron chi connectivity index (χ3n) is 5.55. The molecule has 1 aliphatic rings. The SMILES string of the molecule is O=C(NCc1nnc2n1CCN(Cc1cc3ccccc3s1)CC2)c1cccc(F)c1. The van der Waals surface area contributed by atoms with Gasteiger partial charge in [0.2, 0.25) is 0 Å². The quantitative estimate of drug-likeness (QED) is 0.520. The highest BCUT2D eigenvalue weighted by Crippen LogP contribution is 2.26. The number of aromatic nitrogens is 3. The molecule has 5 rings (SSSR count). The van der Waals surface area contributed by atoms with E-state index in [-0.39, 0.29) is 12.5 Å². The number of benzene rings is 2. The first kappa shape index (κ1) is 19.8. The number of thiophene rings is 1. The second-order valence-corrected chi connectivity index (χ2v) is 8.82. The van der Waals surface area contributed by atoms with E-state index in [0.29, 0.717) is 5.56 Å². The standard InChI is InChI=1S/C23H22FN5OS/c24-18-6-3-5-17(12-18)23(30)25-14-22-27-26-21-8-9-28(10-11-29(21)22)15-19-13-16-4-1-2-7-20(16)31-19/h1-7,12-13H,8-11,14-15H2,(H,25,30). The van der Waals surface area contributed by atoms with Gasteiger partial charge in [-0.05, 0) is 35.7 Å². The minimum Gasteiger partial charge on any atom is -0.345 e. The van der Waals surface area contributed by atoms with E-state index < -0.39 is 5.82 Å². The Morgan fingerprint density at radius 1 is 1.06 bits per heavy atom. The Hall–Kier alpha value is -3.10. The van der Waals surface area contributed by atoms with Crippen molar-refractivity contribution in [2.45, 2.75) is 26.1 Å². The number of carbonyl (C=O) groups is 1. The van der Waals surface area contributed by atoms with Gasteiger partial charge in [0.15, 0.2) is 5.82 Å².